The minimum absolute atomic E-state index is 0.143. The van der Waals surface area contributed by atoms with Crippen LogP contribution in [0.5, 0.6) is 0 Å². The Morgan fingerprint density at radius 2 is 2.22 bits per heavy atom. The Bertz CT molecular complexity index is 451. The molecule has 1 heterocycles. The molecule has 0 bridgehead atoms. The molecule has 18 heavy (non-hydrogen) atoms. The highest BCUT2D eigenvalue weighted by Gasteiger charge is 2.26. The smallest absolute Gasteiger partial charge is 0.319 e. The van der Waals surface area contributed by atoms with E-state index in [2.05, 4.69) is 4.74 Å². The first-order valence-electron chi connectivity index (χ1n) is 5.84. The fraction of sp³-hybridized carbons (Fsp3) is 0.462. The van der Waals surface area contributed by atoms with E-state index in [0.717, 1.165) is 24.6 Å². The van der Waals surface area contributed by atoms with Gasteiger partial charge in [0, 0.05) is 6.54 Å². The molecule has 3 nitrogen and oxygen atoms in total. The van der Waals surface area contributed by atoms with Gasteiger partial charge >= 0.3 is 5.97 Å². The highest BCUT2D eigenvalue weighted by Crippen LogP contribution is 2.27. The summed E-state index contributed by atoms with van der Waals surface area (Å²) in [6, 6.07) is 3.99. The van der Waals surface area contributed by atoms with Crippen molar-refractivity contribution in [2.24, 2.45) is 0 Å². The van der Waals surface area contributed by atoms with Gasteiger partial charge in [-0.15, -0.1) is 0 Å². The number of carbonyl (C=O) groups excluding carboxylic acids is 1. The second-order valence-electron chi connectivity index (χ2n) is 4.47. The summed E-state index contributed by atoms with van der Waals surface area (Å²) in [6.07, 6.45) is 0.835. The Morgan fingerprint density at radius 1 is 1.44 bits per heavy atom. The topological polar surface area (TPSA) is 29.5 Å². The zero-order valence-corrected chi connectivity index (χ0v) is 10.2. The number of esters is 1. The highest BCUT2D eigenvalue weighted by atomic mass is 19.2. The molecular formula is C13H15F2NO2. The van der Waals surface area contributed by atoms with Crippen LogP contribution in [-0.2, 0) is 9.53 Å². The molecule has 1 aromatic rings. The Hall–Kier alpha value is -1.49. The molecule has 1 aliphatic heterocycles. The van der Waals surface area contributed by atoms with Crippen LogP contribution in [0, 0.1) is 11.6 Å². The summed E-state index contributed by atoms with van der Waals surface area (Å²) in [6.45, 7) is 1.68. The summed E-state index contributed by atoms with van der Waals surface area (Å²) in [5.41, 5.74) is 0.779. The molecule has 2 rings (SSSR count). The summed E-state index contributed by atoms with van der Waals surface area (Å²) in [5, 5.41) is 0. The summed E-state index contributed by atoms with van der Waals surface area (Å²) >= 11 is 0. The Labute approximate surface area is 104 Å². The molecule has 1 unspecified atom stereocenters. The van der Waals surface area contributed by atoms with E-state index in [1.807, 2.05) is 4.90 Å². The third kappa shape index (κ3) is 2.85. The van der Waals surface area contributed by atoms with Crippen molar-refractivity contribution >= 4 is 5.97 Å². The van der Waals surface area contributed by atoms with Crippen molar-refractivity contribution in [3.05, 3.63) is 35.4 Å². The van der Waals surface area contributed by atoms with E-state index >= 15 is 0 Å². The lowest BCUT2D eigenvalue weighted by Crippen LogP contribution is -2.28. The number of rotatable bonds is 3. The van der Waals surface area contributed by atoms with E-state index in [-0.39, 0.29) is 18.4 Å². The fourth-order valence-electron chi connectivity index (χ4n) is 2.26. The molecule has 1 atom stereocenters. The fourth-order valence-corrected chi connectivity index (χ4v) is 2.26. The van der Waals surface area contributed by atoms with E-state index in [1.165, 1.54) is 13.2 Å². The molecule has 1 aliphatic rings. The van der Waals surface area contributed by atoms with Crippen LogP contribution in [0.15, 0.2) is 18.2 Å². The maximum atomic E-state index is 13.1. The number of nitrogens with zero attached hydrogens (tertiary/aromatic N) is 1. The van der Waals surface area contributed by atoms with Gasteiger partial charge in [0.15, 0.2) is 11.6 Å². The van der Waals surface area contributed by atoms with Crippen LogP contribution in [0.2, 0.25) is 0 Å². The lowest BCUT2D eigenvalue weighted by Gasteiger charge is -2.14. The third-order valence-electron chi connectivity index (χ3n) is 3.27. The second kappa shape index (κ2) is 5.44. The Morgan fingerprint density at radius 3 is 2.89 bits per heavy atom. The minimum atomic E-state index is -0.830. The van der Waals surface area contributed by atoms with Gasteiger partial charge in [-0.3, -0.25) is 9.69 Å². The van der Waals surface area contributed by atoms with Gasteiger partial charge in [0.2, 0.25) is 0 Å². The summed E-state index contributed by atoms with van der Waals surface area (Å²) in [4.78, 5) is 13.1. The largest absolute Gasteiger partial charge is 0.468 e. The van der Waals surface area contributed by atoms with E-state index < -0.39 is 11.6 Å². The van der Waals surface area contributed by atoms with Crippen molar-refractivity contribution in [1.82, 2.24) is 4.90 Å². The predicted molar refractivity (Wildman–Crippen MR) is 62.2 cm³/mol. The molecule has 1 fully saturated rings. The lowest BCUT2D eigenvalue weighted by molar-refractivity contribution is -0.141. The molecule has 0 N–H and O–H groups in total. The first kappa shape index (κ1) is 13.0. The molecule has 5 heteroatoms. The predicted octanol–water partition coefficient (Wildman–Crippen LogP) is 1.93. The van der Waals surface area contributed by atoms with Crippen LogP contribution in [0.25, 0.3) is 0 Å². The van der Waals surface area contributed by atoms with Gasteiger partial charge in [-0.2, -0.15) is 0 Å². The number of likely N-dealkylation sites (tertiary alicyclic amines) is 1. The summed E-state index contributed by atoms with van der Waals surface area (Å²) < 4.78 is 30.6. The van der Waals surface area contributed by atoms with Crippen molar-refractivity contribution < 1.29 is 18.3 Å². The zero-order chi connectivity index (χ0) is 13.1. The number of hydrogen-bond donors (Lipinski definition) is 0. The molecule has 0 amide bonds. The third-order valence-corrected chi connectivity index (χ3v) is 3.27. The highest BCUT2D eigenvalue weighted by molar-refractivity contribution is 5.71. The van der Waals surface area contributed by atoms with Gasteiger partial charge in [0.1, 0.15) is 0 Å². The quantitative estimate of drug-likeness (QED) is 0.773. The zero-order valence-electron chi connectivity index (χ0n) is 10.2. The monoisotopic (exact) mass is 255 g/mol. The molecule has 0 aromatic heterocycles. The first-order chi connectivity index (χ1) is 8.60. The van der Waals surface area contributed by atoms with E-state index in [0.29, 0.717) is 6.54 Å². The maximum Gasteiger partial charge on any atom is 0.319 e. The van der Waals surface area contributed by atoms with Gasteiger partial charge in [-0.05, 0) is 36.6 Å². The van der Waals surface area contributed by atoms with Gasteiger partial charge < -0.3 is 4.74 Å². The van der Waals surface area contributed by atoms with Crippen LogP contribution in [0.1, 0.15) is 17.9 Å². The van der Waals surface area contributed by atoms with Crippen LogP contribution in [0.4, 0.5) is 8.78 Å². The van der Waals surface area contributed by atoms with Crippen molar-refractivity contribution in [2.75, 3.05) is 26.7 Å². The molecule has 1 aromatic carbocycles. The average molecular weight is 255 g/mol. The van der Waals surface area contributed by atoms with Gasteiger partial charge in [-0.25, -0.2) is 8.78 Å². The Kier molecular flexibility index (Phi) is 3.91. The normalized spacial score (nSPS) is 20.1. The van der Waals surface area contributed by atoms with E-state index in [4.69, 9.17) is 0 Å². The van der Waals surface area contributed by atoms with Gasteiger partial charge in [-0.1, -0.05) is 6.07 Å². The van der Waals surface area contributed by atoms with Crippen molar-refractivity contribution in [1.29, 1.82) is 0 Å². The average Bonchev–Trinajstić information content (AvgIpc) is 2.81. The van der Waals surface area contributed by atoms with E-state index in [9.17, 15) is 13.6 Å². The molecular weight excluding hydrogens is 240 g/mol. The molecule has 0 spiro atoms. The summed E-state index contributed by atoms with van der Waals surface area (Å²) in [7, 11) is 1.35. The number of ether oxygens (including phenoxy) is 1. The first-order valence-corrected chi connectivity index (χ1v) is 5.84. The van der Waals surface area contributed by atoms with Crippen LogP contribution < -0.4 is 0 Å². The number of methoxy groups -OCH3 is 1. The number of carbonyl (C=O) groups is 1. The molecule has 0 saturated carbocycles. The van der Waals surface area contributed by atoms with Crippen LogP contribution >= 0.6 is 0 Å². The van der Waals surface area contributed by atoms with Crippen molar-refractivity contribution in [3.8, 4) is 0 Å². The van der Waals surface area contributed by atoms with Crippen molar-refractivity contribution in [2.45, 2.75) is 12.3 Å². The molecule has 98 valence electrons. The van der Waals surface area contributed by atoms with E-state index in [1.54, 1.807) is 6.07 Å². The van der Waals surface area contributed by atoms with Crippen LogP contribution in [-0.4, -0.2) is 37.6 Å². The standard InChI is InChI=1S/C13H15F2NO2/c1-18-13(17)8-16-5-4-10(7-16)9-2-3-11(14)12(15)6-9/h2-3,6,10H,4-5,7-8H2,1H3. The van der Waals surface area contributed by atoms with Gasteiger partial charge in [0.25, 0.3) is 0 Å². The maximum absolute atomic E-state index is 13.1. The minimum Gasteiger partial charge on any atom is -0.468 e. The summed E-state index contributed by atoms with van der Waals surface area (Å²) in [5.74, 6) is -1.78. The molecule has 0 aliphatic carbocycles. The van der Waals surface area contributed by atoms with Gasteiger partial charge in [0.05, 0.1) is 13.7 Å². The van der Waals surface area contributed by atoms with Crippen molar-refractivity contribution in [3.63, 3.8) is 0 Å². The molecule has 0 radical (unpaired) electrons. The SMILES string of the molecule is COC(=O)CN1CCC(c2ccc(F)c(F)c2)C1. The molecule has 1 saturated heterocycles. The number of benzene rings is 1. The number of halogens is 2. The lowest BCUT2D eigenvalue weighted by atomic mass is 9.98. The second-order valence-corrected chi connectivity index (χ2v) is 4.47. The number of hydrogen-bond acceptors (Lipinski definition) is 3. The Balaban J connectivity index is 1.99. The van der Waals surface area contributed by atoms with Crippen LogP contribution in [0.3, 0.4) is 0 Å².